The maximum absolute atomic E-state index is 13.9. The van der Waals surface area contributed by atoms with Crippen molar-refractivity contribution in [2.24, 2.45) is 0 Å². The third-order valence-corrected chi connectivity index (χ3v) is 4.20. The van der Waals surface area contributed by atoms with Crippen molar-refractivity contribution in [1.29, 1.82) is 0 Å². The third kappa shape index (κ3) is 3.06. The number of anilines is 1. The minimum absolute atomic E-state index is 0.299. The lowest BCUT2D eigenvalue weighted by Crippen LogP contribution is -2.37. The highest BCUT2D eigenvalue weighted by Gasteiger charge is 2.23. The second-order valence-corrected chi connectivity index (χ2v) is 5.78. The van der Waals surface area contributed by atoms with E-state index >= 15 is 0 Å². The summed E-state index contributed by atoms with van der Waals surface area (Å²) < 4.78 is 13.9. The molecule has 0 spiro atoms. The first-order valence-corrected chi connectivity index (χ1v) is 7.51. The second-order valence-electron chi connectivity index (χ2n) is 5.78. The van der Waals surface area contributed by atoms with Gasteiger partial charge in [-0.15, -0.1) is 5.10 Å². The second kappa shape index (κ2) is 6.36. The van der Waals surface area contributed by atoms with E-state index < -0.39 is 0 Å². The molecule has 1 fully saturated rings. The smallest absolute Gasteiger partial charge is 0.245 e. The molecule has 1 aliphatic heterocycles. The van der Waals surface area contributed by atoms with Gasteiger partial charge in [-0.1, -0.05) is 12.1 Å². The van der Waals surface area contributed by atoms with Crippen LogP contribution in [-0.2, 0) is 0 Å². The van der Waals surface area contributed by atoms with Gasteiger partial charge in [-0.3, -0.25) is 0 Å². The van der Waals surface area contributed by atoms with Gasteiger partial charge in [-0.25, -0.2) is 9.37 Å². The molecule has 0 radical (unpaired) electrons. The van der Waals surface area contributed by atoms with Crippen molar-refractivity contribution >= 4 is 5.95 Å². The number of hydrogen-bond acceptors (Lipinski definition) is 5. The fourth-order valence-electron chi connectivity index (χ4n) is 2.86. The minimum atomic E-state index is -0.299. The van der Waals surface area contributed by atoms with Gasteiger partial charge in [0, 0.05) is 25.2 Å². The Kier molecular flexibility index (Phi) is 4.29. The predicted octanol–water partition coefficient (Wildman–Crippen LogP) is 2.21. The average molecular weight is 301 g/mol. The van der Waals surface area contributed by atoms with Gasteiger partial charge < -0.3 is 9.80 Å². The van der Waals surface area contributed by atoms with Crippen molar-refractivity contribution in [1.82, 2.24) is 20.1 Å². The van der Waals surface area contributed by atoms with E-state index in [0.29, 0.717) is 23.2 Å². The number of likely N-dealkylation sites (tertiary alicyclic amines) is 1. The summed E-state index contributed by atoms with van der Waals surface area (Å²) in [5, 5.41) is 8.07. The van der Waals surface area contributed by atoms with Crippen LogP contribution in [0.1, 0.15) is 12.8 Å². The molecule has 2 heterocycles. The Morgan fingerprint density at radius 2 is 2.18 bits per heavy atom. The molecule has 6 heteroatoms. The molecule has 116 valence electrons. The molecule has 1 aliphatic rings. The molecule has 1 aromatic heterocycles. The van der Waals surface area contributed by atoms with Gasteiger partial charge in [0.2, 0.25) is 5.95 Å². The van der Waals surface area contributed by atoms with Crippen molar-refractivity contribution in [3.05, 3.63) is 36.3 Å². The van der Waals surface area contributed by atoms with Crippen LogP contribution in [-0.4, -0.2) is 53.3 Å². The lowest BCUT2D eigenvalue weighted by Gasteiger charge is -2.25. The molecule has 0 saturated carbocycles. The van der Waals surface area contributed by atoms with Gasteiger partial charge in [0.05, 0.1) is 11.9 Å². The van der Waals surface area contributed by atoms with Crippen molar-refractivity contribution < 1.29 is 4.39 Å². The van der Waals surface area contributed by atoms with Crippen LogP contribution in [0.4, 0.5) is 10.3 Å². The monoisotopic (exact) mass is 301 g/mol. The normalized spacial score (nSPS) is 18.6. The van der Waals surface area contributed by atoms with E-state index in [2.05, 4.69) is 27.1 Å². The molecule has 2 aromatic rings. The van der Waals surface area contributed by atoms with Crippen molar-refractivity contribution in [2.75, 3.05) is 32.1 Å². The Bertz CT molecular complexity index is 648. The van der Waals surface area contributed by atoms with Crippen LogP contribution >= 0.6 is 0 Å². The van der Waals surface area contributed by atoms with E-state index in [0.717, 1.165) is 13.1 Å². The van der Waals surface area contributed by atoms with E-state index in [4.69, 9.17) is 0 Å². The van der Waals surface area contributed by atoms with Gasteiger partial charge in [0.1, 0.15) is 5.82 Å². The van der Waals surface area contributed by atoms with Crippen LogP contribution in [0, 0.1) is 5.82 Å². The summed E-state index contributed by atoms with van der Waals surface area (Å²) >= 11 is 0. The number of rotatable bonds is 4. The summed E-state index contributed by atoms with van der Waals surface area (Å²) in [5.41, 5.74) is 0.958. The molecule has 1 saturated heterocycles. The minimum Gasteiger partial charge on any atom is -0.341 e. The molecular formula is C16H20FN5. The molecule has 0 N–H and O–H groups in total. The van der Waals surface area contributed by atoms with Gasteiger partial charge in [-0.2, -0.15) is 5.10 Å². The lowest BCUT2D eigenvalue weighted by atomic mass is 10.1. The van der Waals surface area contributed by atoms with Crippen LogP contribution in [0.3, 0.4) is 0 Å². The number of aromatic nitrogens is 3. The summed E-state index contributed by atoms with van der Waals surface area (Å²) in [6.07, 6.45) is 3.90. The van der Waals surface area contributed by atoms with Gasteiger partial charge in [-0.05, 0) is 38.6 Å². The van der Waals surface area contributed by atoms with Crippen LogP contribution in [0.25, 0.3) is 11.3 Å². The molecule has 0 aliphatic carbocycles. The fraction of sp³-hybridized carbons (Fsp3) is 0.438. The number of benzene rings is 1. The van der Waals surface area contributed by atoms with Crippen molar-refractivity contribution in [3.63, 3.8) is 0 Å². The Balaban J connectivity index is 1.80. The highest BCUT2D eigenvalue weighted by atomic mass is 19.1. The molecule has 1 aromatic carbocycles. The van der Waals surface area contributed by atoms with E-state index in [9.17, 15) is 4.39 Å². The molecule has 0 amide bonds. The Morgan fingerprint density at radius 1 is 1.36 bits per heavy atom. The maximum atomic E-state index is 13.9. The van der Waals surface area contributed by atoms with Gasteiger partial charge in [0.15, 0.2) is 0 Å². The number of nitrogens with zero attached hydrogens (tertiary/aromatic N) is 5. The van der Waals surface area contributed by atoms with Gasteiger partial charge in [0.25, 0.3) is 0 Å². The van der Waals surface area contributed by atoms with Gasteiger partial charge >= 0.3 is 0 Å². The first-order valence-electron chi connectivity index (χ1n) is 7.51. The number of hydrogen-bond donors (Lipinski definition) is 0. The Hall–Kier alpha value is -2.08. The summed E-state index contributed by atoms with van der Waals surface area (Å²) in [5.74, 6) is 0.230. The molecule has 1 atom stereocenters. The molecule has 5 nitrogen and oxygen atoms in total. The number of halogens is 1. The topological polar surface area (TPSA) is 45.2 Å². The summed E-state index contributed by atoms with van der Waals surface area (Å²) in [7, 11) is 4.09. The molecular weight excluding hydrogens is 281 g/mol. The summed E-state index contributed by atoms with van der Waals surface area (Å²) in [4.78, 5) is 8.81. The number of likely N-dealkylation sites (N-methyl/N-ethyl adjacent to an activating group) is 2. The van der Waals surface area contributed by atoms with Crippen LogP contribution in [0.2, 0.25) is 0 Å². The first-order chi connectivity index (χ1) is 10.6. The molecule has 3 rings (SSSR count). The molecule has 0 bridgehead atoms. The quantitative estimate of drug-likeness (QED) is 0.866. The molecule has 1 unspecified atom stereocenters. The van der Waals surface area contributed by atoms with Crippen LogP contribution in [0.5, 0.6) is 0 Å². The maximum Gasteiger partial charge on any atom is 0.245 e. The summed E-state index contributed by atoms with van der Waals surface area (Å²) in [6, 6.07) is 7.08. The standard InChI is InChI=1S/C16H20FN5/c1-21-9-5-6-12(21)11-22(2)16-19-15(10-18-20-16)13-7-3-4-8-14(13)17/h3-4,7-8,10,12H,5-6,9,11H2,1-2H3. The van der Waals surface area contributed by atoms with Crippen LogP contribution < -0.4 is 4.90 Å². The zero-order valence-corrected chi connectivity index (χ0v) is 12.9. The van der Waals surface area contributed by atoms with E-state index in [-0.39, 0.29) is 5.82 Å². The van der Waals surface area contributed by atoms with Crippen molar-refractivity contribution in [3.8, 4) is 11.3 Å². The van der Waals surface area contributed by atoms with Crippen LogP contribution in [0.15, 0.2) is 30.5 Å². The van der Waals surface area contributed by atoms with E-state index in [1.54, 1.807) is 18.2 Å². The summed E-state index contributed by atoms with van der Waals surface area (Å²) in [6.45, 7) is 1.98. The van der Waals surface area contributed by atoms with E-state index in [1.165, 1.54) is 25.1 Å². The largest absolute Gasteiger partial charge is 0.341 e. The van der Waals surface area contributed by atoms with E-state index in [1.807, 2.05) is 11.9 Å². The zero-order chi connectivity index (χ0) is 15.5. The predicted molar refractivity (Wildman–Crippen MR) is 84.1 cm³/mol. The lowest BCUT2D eigenvalue weighted by molar-refractivity contribution is 0.313. The highest BCUT2D eigenvalue weighted by Crippen LogP contribution is 2.22. The first kappa shape index (κ1) is 14.8. The Morgan fingerprint density at radius 3 is 2.91 bits per heavy atom. The zero-order valence-electron chi connectivity index (χ0n) is 12.9. The fourth-order valence-corrected chi connectivity index (χ4v) is 2.86. The molecule has 22 heavy (non-hydrogen) atoms. The third-order valence-electron chi connectivity index (χ3n) is 4.20. The average Bonchev–Trinajstić information content (AvgIpc) is 2.93. The Labute approximate surface area is 129 Å². The SMILES string of the molecule is CN(CC1CCCN1C)c1nncc(-c2ccccc2F)n1. The van der Waals surface area contributed by atoms with Crippen molar-refractivity contribution in [2.45, 2.75) is 18.9 Å². The highest BCUT2D eigenvalue weighted by molar-refractivity contribution is 5.59.